The normalized spacial score (nSPS) is 27.4. The molecule has 1 heterocycles. The maximum Gasteiger partial charge on any atom is 0.107 e. The van der Waals surface area contributed by atoms with Crippen molar-refractivity contribution < 1.29 is 0 Å². The Hall–Kier alpha value is -0.610. The molecule has 3 atom stereocenters. The van der Waals surface area contributed by atoms with E-state index in [1.807, 2.05) is 6.07 Å². The third-order valence-corrected chi connectivity index (χ3v) is 5.01. The molecule has 0 aromatic heterocycles. The van der Waals surface area contributed by atoms with Crippen LogP contribution in [0.25, 0.3) is 0 Å². The van der Waals surface area contributed by atoms with Crippen LogP contribution in [-0.2, 0) is 0 Å². The van der Waals surface area contributed by atoms with Gasteiger partial charge in [-0.15, -0.1) is 0 Å². The van der Waals surface area contributed by atoms with Crippen molar-refractivity contribution in [3.8, 4) is 0 Å². The summed E-state index contributed by atoms with van der Waals surface area (Å²) < 4.78 is 0.982. The summed E-state index contributed by atoms with van der Waals surface area (Å²) in [5, 5.41) is 0. The van der Waals surface area contributed by atoms with Crippen LogP contribution in [-0.4, -0.2) is 17.6 Å². The summed E-state index contributed by atoms with van der Waals surface area (Å²) in [6.07, 6.45) is 1.29. The summed E-state index contributed by atoms with van der Waals surface area (Å²) in [5.41, 5.74) is 8.04. The lowest BCUT2D eigenvalue weighted by Crippen LogP contribution is -2.46. The van der Waals surface area contributed by atoms with Crippen LogP contribution in [0.15, 0.2) is 22.7 Å². The van der Waals surface area contributed by atoms with E-state index in [0.29, 0.717) is 22.9 Å². The lowest BCUT2D eigenvalue weighted by atomic mass is 9.85. The fourth-order valence-electron chi connectivity index (χ4n) is 3.03. The van der Waals surface area contributed by atoms with Gasteiger partial charge in [-0.2, -0.15) is 0 Å². The summed E-state index contributed by atoms with van der Waals surface area (Å²) in [6.45, 7) is 8.00. The van der Waals surface area contributed by atoms with Crippen molar-refractivity contribution in [3.05, 3.63) is 28.2 Å². The third-order valence-electron chi connectivity index (χ3n) is 4.15. The lowest BCUT2D eigenvalue weighted by Gasteiger charge is -2.43. The molecule has 19 heavy (non-hydrogen) atoms. The molecule has 1 aromatic rings. The second-order valence-electron chi connectivity index (χ2n) is 5.71. The van der Waals surface area contributed by atoms with Crippen LogP contribution in [0, 0.1) is 11.8 Å². The summed E-state index contributed by atoms with van der Waals surface area (Å²) >= 11 is 8.80. The molecule has 1 fully saturated rings. The number of halogens is 1. The molecule has 104 valence electrons. The molecule has 1 aliphatic heterocycles. The van der Waals surface area contributed by atoms with E-state index >= 15 is 0 Å². The number of benzene rings is 1. The molecule has 1 aromatic carbocycles. The minimum absolute atomic E-state index is 0.459. The zero-order chi connectivity index (χ0) is 14.2. The van der Waals surface area contributed by atoms with Gasteiger partial charge in [-0.1, -0.05) is 32.1 Å². The Balaban J connectivity index is 2.46. The smallest absolute Gasteiger partial charge is 0.107 e. The van der Waals surface area contributed by atoms with E-state index < -0.39 is 0 Å². The number of nitrogens with two attached hydrogens (primary N) is 1. The van der Waals surface area contributed by atoms with E-state index in [-0.39, 0.29) is 0 Å². The molecule has 4 heteroatoms. The van der Waals surface area contributed by atoms with Gasteiger partial charge in [0.1, 0.15) is 4.99 Å². The Morgan fingerprint density at radius 1 is 1.37 bits per heavy atom. The van der Waals surface area contributed by atoms with Gasteiger partial charge >= 0.3 is 0 Å². The average molecular weight is 341 g/mol. The molecule has 1 saturated heterocycles. The van der Waals surface area contributed by atoms with Gasteiger partial charge in [0.25, 0.3) is 0 Å². The van der Waals surface area contributed by atoms with Gasteiger partial charge in [0.15, 0.2) is 0 Å². The molecule has 0 aliphatic carbocycles. The largest absolute Gasteiger partial charge is 0.389 e. The van der Waals surface area contributed by atoms with Crippen LogP contribution in [0.3, 0.4) is 0 Å². The van der Waals surface area contributed by atoms with Crippen molar-refractivity contribution in [1.82, 2.24) is 0 Å². The minimum atomic E-state index is 0.459. The molecule has 0 saturated carbocycles. The fourth-order valence-corrected chi connectivity index (χ4v) is 3.94. The highest BCUT2D eigenvalue weighted by molar-refractivity contribution is 9.10. The molecule has 0 radical (unpaired) electrons. The second kappa shape index (κ2) is 5.80. The van der Waals surface area contributed by atoms with Gasteiger partial charge in [-0.05, 0) is 53.2 Å². The van der Waals surface area contributed by atoms with Crippen molar-refractivity contribution in [2.24, 2.45) is 17.6 Å². The predicted octanol–water partition coefficient (Wildman–Crippen LogP) is 3.95. The number of hydrogen-bond acceptors (Lipinski definition) is 2. The first-order valence-electron chi connectivity index (χ1n) is 6.76. The quantitative estimate of drug-likeness (QED) is 0.826. The number of piperidine rings is 1. The van der Waals surface area contributed by atoms with Crippen LogP contribution in [0.4, 0.5) is 5.69 Å². The van der Waals surface area contributed by atoms with Crippen molar-refractivity contribution in [2.45, 2.75) is 33.2 Å². The molecule has 1 aliphatic rings. The summed E-state index contributed by atoms with van der Waals surface area (Å²) in [7, 11) is 0. The molecule has 2 N–H and O–H groups in total. The van der Waals surface area contributed by atoms with Gasteiger partial charge < -0.3 is 10.6 Å². The number of rotatable bonds is 2. The van der Waals surface area contributed by atoms with E-state index in [1.165, 1.54) is 6.42 Å². The average Bonchev–Trinajstić information content (AvgIpc) is 2.33. The first-order valence-corrected chi connectivity index (χ1v) is 7.97. The molecule has 3 unspecified atom stereocenters. The maximum absolute atomic E-state index is 5.91. The van der Waals surface area contributed by atoms with Crippen molar-refractivity contribution in [1.29, 1.82) is 0 Å². The van der Waals surface area contributed by atoms with E-state index in [2.05, 4.69) is 53.7 Å². The van der Waals surface area contributed by atoms with Gasteiger partial charge in [-0.25, -0.2) is 0 Å². The zero-order valence-corrected chi connectivity index (χ0v) is 14.1. The van der Waals surface area contributed by atoms with Crippen molar-refractivity contribution in [2.75, 3.05) is 11.4 Å². The number of anilines is 1. The van der Waals surface area contributed by atoms with E-state index in [9.17, 15) is 0 Å². The van der Waals surface area contributed by atoms with Gasteiger partial charge in [0, 0.05) is 28.3 Å². The SMILES string of the molecule is CC1CC(C)C(C)N(c2cccc(Br)c2C(N)=S)C1. The van der Waals surface area contributed by atoms with E-state index in [0.717, 1.165) is 22.3 Å². The van der Waals surface area contributed by atoms with Crippen LogP contribution >= 0.6 is 28.1 Å². The van der Waals surface area contributed by atoms with Crippen molar-refractivity contribution in [3.63, 3.8) is 0 Å². The molecule has 0 spiro atoms. The van der Waals surface area contributed by atoms with Gasteiger partial charge in [-0.3, -0.25) is 0 Å². The summed E-state index contributed by atoms with van der Waals surface area (Å²) in [5.74, 6) is 1.38. The predicted molar refractivity (Wildman–Crippen MR) is 89.8 cm³/mol. The Morgan fingerprint density at radius 2 is 2.05 bits per heavy atom. The molecule has 0 bridgehead atoms. The molecular formula is C15H21BrN2S. The number of hydrogen-bond donors (Lipinski definition) is 1. The third kappa shape index (κ3) is 2.95. The van der Waals surface area contributed by atoms with Gasteiger partial charge in [0.2, 0.25) is 0 Å². The highest BCUT2D eigenvalue weighted by atomic mass is 79.9. The minimum Gasteiger partial charge on any atom is -0.389 e. The van der Waals surface area contributed by atoms with Crippen LogP contribution < -0.4 is 10.6 Å². The second-order valence-corrected chi connectivity index (χ2v) is 7.00. The topological polar surface area (TPSA) is 29.3 Å². The number of thiocarbonyl (C=S) groups is 1. The fraction of sp³-hybridized carbons (Fsp3) is 0.533. The Kier molecular flexibility index (Phi) is 4.51. The van der Waals surface area contributed by atoms with Crippen LogP contribution in [0.5, 0.6) is 0 Å². The lowest BCUT2D eigenvalue weighted by molar-refractivity contribution is 0.297. The van der Waals surface area contributed by atoms with Crippen LogP contribution in [0.1, 0.15) is 32.8 Å². The first-order chi connectivity index (χ1) is 8.91. The van der Waals surface area contributed by atoms with E-state index in [1.54, 1.807) is 0 Å². The molecule has 2 nitrogen and oxygen atoms in total. The maximum atomic E-state index is 5.91. The number of nitrogens with zero attached hydrogens (tertiary/aromatic N) is 1. The van der Waals surface area contributed by atoms with Crippen LogP contribution in [0.2, 0.25) is 0 Å². The first kappa shape index (κ1) is 14.8. The van der Waals surface area contributed by atoms with Crippen molar-refractivity contribution >= 4 is 38.8 Å². The standard InChI is InChI=1S/C15H21BrN2S/c1-9-7-10(2)11(3)18(8-9)13-6-4-5-12(16)14(13)15(17)19/h4-6,9-11H,7-8H2,1-3H3,(H2,17,19). The monoisotopic (exact) mass is 340 g/mol. The summed E-state index contributed by atoms with van der Waals surface area (Å²) in [6, 6.07) is 6.69. The Labute approximate surface area is 129 Å². The molecule has 0 amide bonds. The molecular weight excluding hydrogens is 320 g/mol. The Morgan fingerprint density at radius 3 is 2.68 bits per heavy atom. The van der Waals surface area contributed by atoms with Gasteiger partial charge in [0.05, 0.1) is 0 Å². The highest BCUT2D eigenvalue weighted by Gasteiger charge is 2.30. The molecule has 2 rings (SSSR count). The van der Waals surface area contributed by atoms with E-state index in [4.69, 9.17) is 18.0 Å². The Bertz CT molecular complexity index is 489. The highest BCUT2D eigenvalue weighted by Crippen LogP contribution is 2.35. The zero-order valence-electron chi connectivity index (χ0n) is 11.7. The summed E-state index contributed by atoms with van der Waals surface area (Å²) in [4.78, 5) is 2.92.